The van der Waals surface area contributed by atoms with Crippen LogP contribution in [0.25, 0.3) is 0 Å². The van der Waals surface area contributed by atoms with Gasteiger partial charge in [-0.25, -0.2) is 9.97 Å². The first-order valence-corrected chi connectivity index (χ1v) is 5.10. The molecule has 14 heavy (non-hydrogen) atoms. The number of nitrogens with zero attached hydrogens (tertiary/aromatic N) is 2. The highest BCUT2D eigenvalue weighted by Crippen LogP contribution is 2.03. The van der Waals surface area contributed by atoms with Gasteiger partial charge in [-0.1, -0.05) is 6.92 Å². The molecular formula is C9H13N3OS. The van der Waals surface area contributed by atoms with Gasteiger partial charge in [0.05, 0.1) is 11.3 Å². The van der Waals surface area contributed by atoms with E-state index in [0.29, 0.717) is 17.9 Å². The van der Waals surface area contributed by atoms with Gasteiger partial charge in [0, 0.05) is 18.5 Å². The maximum absolute atomic E-state index is 11.6. The number of aromatic nitrogens is 2. The second-order valence-electron chi connectivity index (χ2n) is 2.72. The summed E-state index contributed by atoms with van der Waals surface area (Å²) in [6, 6.07) is 0. The Kier molecular flexibility index (Phi) is 4.39. The van der Waals surface area contributed by atoms with E-state index in [9.17, 15) is 4.79 Å². The highest BCUT2D eigenvalue weighted by atomic mass is 32.1. The Labute approximate surface area is 88.6 Å². The summed E-state index contributed by atoms with van der Waals surface area (Å²) in [7, 11) is 0. The number of nitrogens with one attached hydrogen (secondary N) is 1. The molecule has 1 aromatic heterocycles. The van der Waals surface area contributed by atoms with E-state index in [-0.39, 0.29) is 5.91 Å². The van der Waals surface area contributed by atoms with Gasteiger partial charge in [-0.3, -0.25) is 4.79 Å². The lowest BCUT2D eigenvalue weighted by molar-refractivity contribution is 0.0954. The van der Waals surface area contributed by atoms with Crippen LogP contribution in [0, 0.1) is 0 Å². The summed E-state index contributed by atoms with van der Waals surface area (Å²) in [5.41, 5.74) is 1.33. The van der Waals surface area contributed by atoms with Gasteiger partial charge in [0.1, 0.15) is 6.33 Å². The molecular weight excluding hydrogens is 198 g/mol. The third kappa shape index (κ3) is 2.70. The number of rotatable bonds is 4. The molecule has 1 rings (SSSR count). The van der Waals surface area contributed by atoms with Gasteiger partial charge in [-0.2, -0.15) is 12.6 Å². The van der Waals surface area contributed by atoms with E-state index in [1.807, 2.05) is 6.92 Å². The average Bonchev–Trinajstić information content (AvgIpc) is 2.25. The van der Waals surface area contributed by atoms with Crippen molar-refractivity contribution in [2.75, 3.05) is 12.3 Å². The van der Waals surface area contributed by atoms with E-state index in [2.05, 4.69) is 27.9 Å². The van der Waals surface area contributed by atoms with Crippen LogP contribution in [0.5, 0.6) is 0 Å². The maximum atomic E-state index is 11.6. The monoisotopic (exact) mass is 211 g/mol. The van der Waals surface area contributed by atoms with Crippen LogP contribution in [-0.2, 0) is 6.42 Å². The predicted octanol–water partition coefficient (Wildman–Crippen LogP) is 0.699. The molecule has 5 heteroatoms. The van der Waals surface area contributed by atoms with E-state index >= 15 is 0 Å². The zero-order valence-corrected chi connectivity index (χ0v) is 8.92. The Morgan fingerprint density at radius 1 is 1.64 bits per heavy atom. The minimum absolute atomic E-state index is 0.128. The van der Waals surface area contributed by atoms with Crippen molar-refractivity contribution in [1.29, 1.82) is 0 Å². The van der Waals surface area contributed by atoms with Gasteiger partial charge in [-0.15, -0.1) is 0 Å². The minimum atomic E-state index is -0.128. The summed E-state index contributed by atoms with van der Waals surface area (Å²) in [6.07, 6.45) is 3.72. The van der Waals surface area contributed by atoms with Crippen LogP contribution in [0.15, 0.2) is 12.5 Å². The van der Waals surface area contributed by atoms with Crippen LogP contribution in [0.2, 0.25) is 0 Å². The molecule has 0 bridgehead atoms. The van der Waals surface area contributed by atoms with E-state index in [4.69, 9.17) is 0 Å². The Morgan fingerprint density at radius 2 is 2.43 bits per heavy atom. The molecule has 0 atom stereocenters. The van der Waals surface area contributed by atoms with Crippen molar-refractivity contribution in [1.82, 2.24) is 15.3 Å². The van der Waals surface area contributed by atoms with Crippen LogP contribution >= 0.6 is 12.6 Å². The highest BCUT2D eigenvalue weighted by molar-refractivity contribution is 7.80. The summed E-state index contributed by atoms with van der Waals surface area (Å²) in [5.74, 6) is 0.498. The lowest BCUT2D eigenvalue weighted by atomic mass is 10.2. The molecule has 0 aliphatic carbocycles. The Morgan fingerprint density at radius 3 is 3.07 bits per heavy atom. The molecule has 0 fully saturated rings. The van der Waals surface area contributed by atoms with Crippen LogP contribution in [0.4, 0.5) is 0 Å². The first kappa shape index (κ1) is 11.0. The Hall–Kier alpha value is -1.10. The SMILES string of the molecule is CCc1ncncc1C(=O)NCCS. The van der Waals surface area contributed by atoms with Crippen LogP contribution in [-0.4, -0.2) is 28.2 Å². The summed E-state index contributed by atoms with van der Waals surface area (Å²) in [6.45, 7) is 2.51. The third-order valence-electron chi connectivity index (χ3n) is 1.77. The predicted molar refractivity (Wildman–Crippen MR) is 57.6 cm³/mol. The van der Waals surface area contributed by atoms with Gasteiger partial charge in [0.2, 0.25) is 0 Å². The number of amides is 1. The lowest BCUT2D eigenvalue weighted by Crippen LogP contribution is -2.26. The number of hydrogen-bond acceptors (Lipinski definition) is 4. The molecule has 0 aliphatic heterocycles. The van der Waals surface area contributed by atoms with E-state index in [0.717, 1.165) is 12.1 Å². The standard InChI is InChI=1S/C9H13N3OS/c1-2-8-7(5-10-6-12-8)9(13)11-3-4-14/h5-6,14H,2-4H2,1H3,(H,11,13). The smallest absolute Gasteiger partial charge is 0.254 e. The molecule has 0 radical (unpaired) electrons. The summed E-state index contributed by atoms with van der Waals surface area (Å²) in [4.78, 5) is 19.4. The van der Waals surface area contributed by atoms with Crippen LogP contribution in [0.1, 0.15) is 23.0 Å². The fourth-order valence-electron chi connectivity index (χ4n) is 1.09. The van der Waals surface area contributed by atoms with E-state index < -0.39 is 0 Å². The molecule has 76 valence electrons. The zero-order valence-electron chi connectivity index (χ0n) is 8.03. The summed E-state index contributed by atoms with van der Waals surface area (Å²) in [5, 5.41) is 2.73. The first-order valence-electron chi connectivity index (χ1n) is 4.47. The molecule has 0 spiro atoms. The fraction of sp³-hybridized carbons (Fsp3) is 0.444. The van der Waals surface area contributed by atoms with Crippen LogP contribution < -0.4 is 5.32 Å². The summed E-state index contributed by atoms with van der Waals surface area (Å²) >= 11 is 4.01. The Bertz CT molecular complexity index is 317. The van der Waals surface area contributed by atoms with Crippen LogP contribution in [0.3, 0.4) is 0 Å². The number of thiol groups is 1. The molecule has 0 aliphatic rings. The average molecular weight is 211 g/mol. The first-order chi connectivity index (χ1) is 6.79. The molecule has 4 nitrogen and oxygen atoms in total. The number of aryl methyl sites for hydroxylation is 1. The van der Waals surface area contributed by atoms with Crippen molar-refractivity contribution in [3.8, 4) is 0 Å². The minimum Gasteiger partial charge on any atom is -0.351 e. The Balaban J connectivity index is 2.78. The van der Waals surface area contributed by atoms with Crippen molar-refractivity contribution >= 4 is 18.5 Å². The quantitative estimate of drug-likeness (QED) is 0.721. The van der Waals surface area contributed by atoms with Gasteiger partial charge < -0.3 is 5.32 Å². The van der Waals surface area contributed by atoms with E-state index in [1.54, 1.807) is 6.20 Å². The highest BCUT2D eigenvalue weighted by Gasteiger charge is 2.10. The fourth-order valence-corrected chi connectivity index (χ4v) is 1.20. The molecule has 0 aromatic carbocycles. The van der Waals surface area contributed by atoms with Crippen molar-refractivity contribution in [2.45, 2.75) is 13.3 Å². The second-order valence-corrected chi connectivity index (χ2v) is 3.16. The van der Waals surface area contributed by atoms with Crippen molar-refractivity contribution in [2.24, 2.45) is 0 Å². The molecule has 0 saturated heterocycles. The largest absolute Gasteiger partial charge is 0.351 e. The van der Waals surface area contributed by atoms with Crippen molar-refractivity contribution < 1.29 is 4.79 Å². The van der Waals surface area contributed by atoms with Gasteiger partial charge in [-0.05, 0) is 6.42 Å². The molecule has 0 saturated carbocycles. The number of carbonyl (C=O) groups excluding carboxylic acids is 1. The van der Waals surface area contributed by atoms with Gasteiger partial charge in [0.25, 0.3) is 5.91 Å². The molecule has 1 aromatic rings. The van der Waals surface area contributed by atoms with Crippen molar-refractivity contribution in [3.63, 3.8) is 0 Å². The molecule has 1 amide bonds. The van der Waals surface area contributed by atoms with Gasteiger partial charge >= 0.3 is 0 Å². The van der Waals surface area contributed by atoms with Crippen molar-refractivity contribution in [3.05, 3.63) is 23.8 Å². The topological polar surface area (TPSA) is 54.9 Å². The molecule has 0 unspecified atom stereocenters. The second kappa shape index (κ2) is 5.59. The third-order valence-corrected chi connectivity index (χ3v) is 2.00. The van der Waals surface area contributed by atoms with Gasteiger partial charge in [0.15, 0.2) is 0 Å². The number of hydrogen-bond donors (Lipinski definition) is 2. The zero-order chi connectivity index (χ0) is 10.4. The summed E-state index contributed by atoms with van der Waals surface area (Å²) < 4.78 is 0. The molecule has 1 N–H and O–H groups in total. The molecule has 1 heterocycles. The normalized spacial score (nSPS) is 9.86. The lowest BCUT2D eigenvalue weighted by Gasteiger charge is -2.05. The number of carbonyl (C=O) groups is 1. The maximum Gasteiger partial charge on any atom is 0.254 e. The van der Waals surface area contributed by atoms with E-state index in [1.165, 1.54) is 6.33 Å².